The Labute approximate surface area is 205 Å². The van der Waals surface area contributed by atoms with Gasteiger partial charge in [-0.2, -0.15) is 0 Å². The molecule has 1 saturated heterocycles. The largest absolute Gasteiger partial charge is 0.507 e. The lowest BCUT2D eigenvalue weighted by molar-refractivity contribution is -0.132. The van der Waals surface area contributed by atoms with Gasteiger partial charge < -0.3 is 14.6 Å². The molecular formula is C25H21N3O6S. The second-order valence-electron chi connectivity index (χ2n) is 7.48. The Balaban J connectivity index is 1.92. The first-order valence-electron chi connectivity index (χ1n) is 10.5. The maximum atomic E-state index is 13.3. The summed E-state index contributed by atoms with van der Waals surface area (Å²) in [6.45, 7) is 5.50. The molecule has 0 spiro atoms. The fourth-order valence-corrected chi connectivity index (χ4v) is 4.72. The molecule has 0 saturated carbocycles. The molecule has 0 radical (unpaired) electrons. The first-order valence-corrected chi connectivity index (χ1v) is 11.3. The van der Waals surface area contributed by atoms with Crippen LogP contribution >= 0.6 is 11.3 Å². The number of amides is 1. The van der Waals surface area contributed by atoms with Gasteiger partial charge in [-0.25, -0.2) is 9.78 Å². The van der Waals surface area contributed by atoms with Crippen LogP contribution in [0.2, 0.25) is 0 Å². The van der Waals surface area contributed by atoms with E-state index in [0.29, 0.717) is 22.6 Å². The van der Waals surface area contributed by atoms with Crippen LogP contribution in [0.3, 0.4) is 0 Å². The summed E-state index contributed by atoms with van der Waals surface area (Å²) in [7, 11) is 1.25. The van der Waals surface area contributed by atoms with Crippen molar-refractivity contribution in [2.24, 2.45) is 0 Å². The summed E-state index contributed by atoms with van der Waals surface area (Å²) in [6.07, 6.45) is 4.53. The van der Waals surface area contributed by atoms with Crippen LogP contribution in [0.4, 0.5) is 5.13 Å². The van der Waals surface area contributed by atoms with Crippen molar-refractivity contribution < 1.29 is 29.0 Å². The topological polar surface area (TPSA) is 119 Å². The lowest BCUT2D eigenvalue weighted by atomic mass is 9.95. The molecule has 1 aliphatic heterocycles. The number of thiazole rings is 1. The number of nitrogens with zero attached hydrogens (tertiary/aromatic N) is 3. The van der Waals surface area contributed by atoms with E-state index in [1.165, 1.54) is 36.5 Å². The van der Waals surface area contributed by atoms with E-state index in [0.717, 1.165) is 11.3 Å². The van der Waals surface area contributed by atoms with E-state index in [2.05, 4.69) is 16.5 Å². The second kappa shape index (κ2) is 9.90. The van der Waals surface area contributed by atoms with Gasteiger partial charge in [0.15, 0.2) is 5.13 Å². The molecule has 2 aromatic heterocycles. The zero-order valence-electron chi connectivity index (χ0n) is 18.9. The maximum Gasteiger partial charge on any atom is 0.350 e. The molecule has 1 amide bonds. The van der Waals surface area contributed by atoms with E-state index in [-0.39, 0.29) is 27.9 Å². The zero-order chi connectivity index (χ0) is 25.1. The highest BCUT2D eigenvalue weighted by Crippen LogP contribution is 2.44. The van der Waals surface area contributed by atoms with Gasteiger partial charge in [-0.3, -0.25) is 19.5 Å². The molecule has 1 unspecified atom stereocenters. The zero-order valence-corrected chi connectivity index (χ0v) is 19.7. The van der Waals surface area contributed by atoms with Crippen molar-refractivity contribution in [2.45, 2.75) is 13.0 Å². The molecule has 4 rings (SSSR count). The summed E-state index contributed by atoms with van der Waals surface area (Å²) in [4.78, 5) is 48.4. The molecular weight excluding hydrogens is 470 g/mol. The summed E-state index contributed by atoms with van der Waals surface area (Å²) in [5.41, 5.74) is 1.07. The third kappa shape index (κ3) is 4.43. The number of Topliss-reactive ketones (excluding diaryl/α,β-unsaturated/α-hetero) is 1. The van der Waals surface area contributed by atoms with Crippen LogP contribution < -0.4 is 9.64 Å². The van der Waals surface area contributed by atoms with E-state index in [9.17, 15) is 19.5 Å². The Morgan fingerprint density at radius 2 is 2.00 bits per heavy atom. The van der Waals surface area contributed by atoms with Gasteiger partial charge in [-0.15, -0.1) is 0 Å². The number of anilines is 1. The van der Waals surface area contributed by atoms with Crippen molar-refractivity contribution in [2.75, 3.05) is 18.6 Å². The minimum atomic E-state index is -1.02. The number of hydrogen-bond acceptors (Lipinski definition) is 9. The van der Waals surface area contributed by atoms with Crippen molar-refractivity contribution in [1.82, 2.24) is 9.97 Å². The number of rotatable bonds is 7. The van der Waals surface area contributed by atoms with E-state index in [4.69, 9.17) is 9.47 Å². The Bertz CT molecular complexity index is 1350. The molecule has 9 nitrogen and oxygen atoms in total. The quantitative estimate of drug-likeness (QED) is 0.174. The van der Waals surface area contributed by atoms with Gasteiger partial charge in [0.25, 0.3) is 5.78 Å². The highest BCUT2D eigenvalue weighted by molar-refractivity contribution is 7.17. The normalized spacial score (nSPS) is 16.9. The van der Waals surface area contributed by atoms with E-state index < -0.39 is 23.7 Å². The summed E-state index contributed by atoms with van der Waals surface area (Å²) < 4.78 is 10.4. The number of carbonyl (C=O) groups excluding carboxylic acids is 3. The lowest BCUT2D eigenvalue weighted by Gasteiger charge is -2.23. The van der Waals surface area contributed by atoms with Gasteiger partial charge in [-0.05, 0) is 36.8 Å². The van der Waals surface area contributed by atoms with Crippen LogP contribution in [-0.4, -0.2) is 46.5 Å². The molecule has 1 atom stereocenters. The van der Waals surface area contributed by atoms with Crippen LogP contribution in [0, 0.1) is 6.92 Å². The average Bonchev–Trinajstić information content (AvgIpc) is 3.39. The number of aliphatic hydroxyl groups excluding tert-OH is 1. The Kier molecular flexibility index (Phi) is 6.74. The minimum Gasteiger partial charge on any atom is -0.507 e. The second-order valence-corrected chi connectivity index (χ2v) is 8.46. The SMILES string of the molecule is C=CCOc1cccc(C2C(=C(O)c3ccncc3)C(=O)C(=O)N2c2nc(C)c(C(=O)OC)s2)c1. The van der Waals surface area contributed by atoms with Gasteiger partial charge in [0.1, 0.15) is 23.0 Å². The first kappa shape index (κ1) is 23.8. The number of aryl methyl sites for hydroxylation is 1. The number of aliphatic hydroxyl groups is 1. The van der Waals surface area contributed by atoms with E-state index in [1.54, 1.807) is 37.3 Å². The van der Waals surface area contributed by atoms with Gasteiger partial charge >= 0.3 is 11.9 Å². The van der Waals surface area contributed by atoms with E-state index >= 15 is 0 Å². The van der Waals surface area contributed by atoms with Gasteiger partial charge in [0.2, 0.25) is 0 Å². The number of benzene rings is 1. The molecule has 0 aliphatic carbocycles. The van der Waals surface area contributed by atoms with Crippen molar-refractivity contribution in [1.29, 1.82) is 0 Å². The number of carbonyl (C=O) groups is 3. The van der Waals surface area contributed by atoms with Crippen molar-refractivity contribution >= 4 is 39.9 Å². The predicted molar refractivity (Wildman–Crippen MR) is 129 cm³/mol. The molecule has 3 heterocycles. The number of pyridine rings is 1. The Hall–Kier alpha value is -4.31. The van der Waals surface area contributed by atoms with Crippen molar-refractivity contribution in [3.63, 3.8) is 0 Å². The number of methoxy groups -OCH3 is 1. The van der Waals surface area contributed by atoms with Crippen LogP contribution in [0.5, 0.6) is 5.75 Å². The van der Waals surface area contributed by atoms with Crippen LogP contribution in [-0.2, 0) is 14.3 Å². The van der Waals surface area contributed by atoms with E-state index in [1.807, 2.05) is 0 Å². The van der Waals surface area contributed by atoms with Crippen LogP contribution in [0.25, 0.3) is 5.76 Å². The fourth-order valence-electron chi connectivity index (χ4n) is 3.71. The Morgan fingerprint density at radius 3 is 2.69 bits per heavy atom. The first-order chi connectivity index (χ1) is 16.9. The number of aromatic nitrogens is 2. The molecule has 1 aliphatic rings. The third-order valence-corrected chi connectivity index (χ3v) is 6.44. The minimum absolute atomic E-state index is 0.116. The van der Waals surface area contributed by atoms with Crippen molar-refractivity contribution in [3.8, 4) is 5.75 Å². The summed E-state index contributed by atoms with van der Waals surface area (Å²) in [5, 5.41) is 11.2. The number of hydrogen-bond donors (Lipinski definition) is 1. The van der Waals surface area contributed by atoms with Crippen molar-refractivity contribution in [3.05, 3.63) is 88.7 Å². The molecule has 0 bridgehead atoms. The maximum absolute atomic E-state index is 13.3. The summed E-state index contributed by atoms with van der Waals surface area (Å²) in [5.74, 6) is -2.22. The number of ether oxygens (including phenoxy) is 2. The smallest absolute Gasteiger partial charge is 0.350 e. The predicted octanol–water partition coefficient (Wildman–Crippen LogP) is 3.82. The third-order valence-electron chi connectivity index (χ3n) is 5.30. The molecule has 1 fully saturated rings. The number of esters is 1. The van der Waals surface area contributed by atoms with Gasteiger partial charge in [-0.1, -0.05) is 36.1 Å². The lowest BCUT2D eigenvalue weighted by Crippen LogP contribution is -2.29. The molecule has 10 heteroatoms. The highest BCUT2D eigenvalue weighted by atomic mass is 32.1. The molecule has 1 N–H and O–H groups in total. The monoisotopic (exact) mass is 491 g/mol. The van der Waals surface area contributed by atoms with Gasteiger partial charge in [0, 0.05) is 18.0 Å². The molecule has 3 aromatic rings. The number of ketones is 1. The Morgan fingerprint density at radius 1 is 1.26 bits per heavy atom. The van der Waals surface area contributed by atoms with Gasteiger partial charge in [0.05, 0.1) is 24.4 Å². The highest BCUT2D eigenvalue weighted by Gasteiger charge is 2.48. The average molecular weight is 492 g/mol. The van der Waals surface area contributed by atoms with Crippen LogP contribution in [0.15, 0.2) is 67.0 Å². The molecule has 35 heavy (non-hydrogen) atoms. The summed E-state index contributed by atoms with van der Waals surface area (Å²) >= 11 is 0.930. The van der Waals surface area contributed by atoms with Crippen LogP contribution in [0.1, 0.15) is 32.5 Å². The molecule has 178 valence electrons. The standard InChI is InChI=1S/C25H21N3O6S/c1-4-12-34-17-7-5-6-16(13-17)19-18(20(29)15-8-10-26-11-9-15)21(30)23(31)28(19)25-27-14(2)22(35-25)24(32)33-3/h4-11,13,19,29H,1,12H2,2-3H3. The molecule has 1 aromatic carbocycles. The fraction of sp³-hybridized carbons (Fsp3) is 0.160. The summed E-state index contributed by atoms with van der Waals surface area (Å²) in [6, 6.07) is 8.88.